The van der Waals surface area contributed by atoms with Crippen molar-refractivity contribution in [3.05, 3.63) is 58.5 Å². The summed E-state index contributed by atoms with van der Waals surface area (Å²) in [5.74, 6) is -1.18. The third kappa shape index (κ3) is 3.54. The number of carbonyl (C=O) groups is 4. The fourth-order valence-corrected chi connectivity index (χ4v) is 3.49. The van der Waals surface area contributed by atoms with E-state index in [0.717, 1.165) is 0 Å². The normalized spacial score (nSPS) is 18.3. The number of esters is 1. The summed E-state index contributed by atoms with van der Waals surface area (Å²) >= 11 is 0. The number of ether oxygens (including phenoxy) is 1. The molecule has 2 N–H and O–H groups in total. The zero-order valence-electron chi connectivity index (χ0n) is 17.2. The van der Waals surface area contributed by atoms with Gasteiger partial charge < -0.3 is 14.5 Å². The molecule has 0 spiro atoms. The monoisotopic (exact) mass is 413 g/mol. The van der Waals surface area contributed by atoms with Gasteiger partial charge in [0.1, 0.15) is 22.6 Å². The Bertz CT molecular complexity index is 1010. The molecule has 2 aromatic rings. The number of imide groups is 1. The number of aryl methyl sites for hydroxylation is 2. The predicted molar refractivity (Wildman–Crippen MR) is 105 cm³/mol. The van der Waals surface area contributed by atoms with Crippen LogP contribution in [0.25, 0.3) is 0 Å². The van der Waals surface area contributed by atoms with Crippen LogP contribution in [0.4, 0.5) is 4.79 Å². The van der Waals surface area contributed by atoms with Crippen molar-refractivity contribution in [2.45, 2.75) is 39.7 Å². The number of carbonyl (C=O) groups excluding carboxylic acids is 4. The molecule has 1 aromatic carbocycles. The first-order valence-electron chi connectivity index (χ1n) is 9.46. The summed E-state index contributed by atoms with van der Waals surface area (Å²) < 4.78 is 10.4. The molecule has 3 rings (SSSR count). The molecule has 9 nitrogen and oxygen atoms in total. The second-order valence-corrected chi connectivity index (χ2v) is 7.02. The molecule has 1 fully saturated rings. The van der Waals surface area contributed by atoms with Crippen LogP contribution in [0.2, 0.25) is 0 Å². The number of hydrogen-bond donors (Lipinski definition) is 2. The van der Waals surface area contributed by atoms with Gasteiger partial charge in [0.2, 0.25) is 0 Å². The summed E-state index contributed by atoms with van der Waals surface area (Å²) in [5, 5.41) is 3.27. The molecule has 30 heavy (non-hydrogen) atoms. The number of hydrogen-bond acceptors (Lipinski definition) is 6. The molecule has 9 heteroatoms. The standard InChI is InChI=1S/C21H23N3O6/c1-5-21(15-9-7-6-8-10-15)19(27)24(20(28)22-21)23-16(25)11-29-18(26)17-12(2)13(3)30-14(17)4/h6-10H,5,11H2,1-4H3,(H,22,28)(H,23,25)/t21-/m1/s1. The van der Waals surface area contributed by atoms with Gasteiger partial charge in [-0.15, -0.1) is 0 Å². The van der Waals surface area contributed by atoms with Crippen LogP contribution in [-0.2, 0) is 19.9 Å². The molecule has 4 amide bonds. The zero-order chi connectivity index (χ0) is 22.1. The van der Waals surface area contributed by atoms with Crippen molar-refractivity contribution in [3.8, 4) is 0 Å². The van der Waals surface area contributed by atoms with Crippen LogP contribution in [0.15, 0.2) is 34.7 Å². The minimum absolute atomic E-state index is 0.254. The molecule has 0 radical (unpaired) electrons. The number of amides is 4. The number of furan rings is 1. The summed E-state index contributed by atoms with van der Waals surface area (Å²) in [7, 11) is 0. The lowest BCUT2D eigenvalue weighted by atomic mass is 9.87. The van der Waals surface area contributed by atoms with Crippen molar-refractivity contribution < 1.29 is 28.3 Å². The second kappa shape index (κ2) is 8.02. The quantitative estimate of drug-likeness (QED) is 0.554. The molecule has 0 bridgehead atoms. The maximum atomic E-state index is 13.0. The van der Waals surface area contributed by atoms with Crippen molar-refractivity contribution in [2.24, 2.45) is 0 Å². The van der Waals surface area contributed by atoms with Gasteiger partial charge in [-0.05, 0) is 32.8 Å². The van der Waals surface area contributed by atoms with Crippen molar-refractivity contribution in [3.63, 3.8) is 0 Å². The average molecular weight is 413 g/mol. The van der Waals surface area contributed by atoms with Crippen LogP contribution in [0.1, 0.15) is 46.3 Å². The molecule has 2 heterocycles. The first-order valence-corrected chi connectivity index (χ1v) is 9.46. The van der Waals surface area contributed by atoms with Gasteiger partial charge in [-0.2, -0.15) is 5.01 Å². The molecule has 0 aliphatic carbocycles. The first-order chi connectivity index (χ1) is 14.2. The maximum Gasteiger partial charge on any atom is 0.344 e. The molecule has 0 saturated carbocycles. The number of rotatable bonds is 6. The van der Waals surface area contributed by atoms with E-state index >= 15 is 0 Å². The Labute approximate surface area is 173 Å². The lowest BCUT2D eigenvalue weighted by Gasteiger charge is -2.25. The SMILES string of the molecule is CC[C@]1(c2ccccc2)NC(=O)N(NC(=O)COC(=O)c2c(C)oc(C)c2C)C1=O. The third-order valence-corrected chi connectivity index (χ3v) is 5.22. The molecule has 1 aliphatic heterocycles. The van der Waals surface area contributed by atoms with E-state index in [2.05, 4.69) is 10.7 Å². The van der Waals surface area contributed by atoms with E-state index in [0.29, 0.717) is 34.1 Å². The lowest BCUT2D eigenvalue weighted by molar-refractivity contribution is -0.140. The van der Waals surface area contributed by atoms with E-state index in [1.54, 1.807) is 58.0 Å². The largest absolute Gasteiger partial charge is 0.465 e. The molecule has 1 atom stereocenters. The van der Waals surface area contributed by atoms with Crippen molar-refractivity contribution in [1.29, 1.82) is 0 Å². The van der Waals surface area contributed by atoms with Crippen molar-refractivity contribution >= 4 is 23.8 Å². The second-order valence-electron chi connectivity index (χ2n) is 7.02. The Hall–Kier alpha value is -3.62. The maximum absolute atomic E-state index is 13.0. The fourth-order valence-electron chi connectivity index (χ4n) is 3.49. The summed E-state index contributed by atoms with van der Waals surface area (Å²) in [6, 6.07) is 8.01. The van der Waals surface area contributed by atoms with Crippen LogP contribution >= 0.6 is 0 Å². The van der Waals surface area contributed by atoms with Gasteiger partial charge in [-0.1, -0.05) is 37.3 Å². The highest BCUT2D eigenvalue weighted by atomic mass is 16.5. The Morgan fingerprint density at radius 3 is 2.37 bits per heavy atom. The van der Waals surface area contributed by atoms with Gasteiger partial charge in [-0.3, -0.25) is 15.0 Å². The highest BCUT2D eigenvalue weighted by molar-refractivity contribution is 6.08. The van der Waals surface area contributed by atoms with Crippen LogP contribution in [0.5, 0.6) is 0 Å². The first kappa shape index (κ1) is 21.1. The van der Waals surface area contributed by atoms with Gasteiger partial charge in [0.15, 0.2) is 6.61 Å². The Kier molecular flexibility index (Phi) is 5.64. The summed E-state index contributed by atoms with van der Waals surface area (Å²) in [4.78, 5) is 49.9. The van der Waals surface area contributed by atoms with E-state index in [4.69, 9.17) is 9.15 Å². The summed E-state index contributed by atoms with van der Waals surface area (Å²) in [6.45, 7) is 6.15. The summed E-state index contributed by atoms with van der Waals surface area (Å²) in [6.07, 6.45) is 0.293. The van der Waals surface area contributed by atoms with Gasteiger partial charge in [0, 0.05) is 5.56 Å². The molecule has 158 valence electrons. The average Bonchev–Trinajstić information content (AvgIpc) is 3.13. The summed E-state index contributed by atoms with van der Waals surface area (Å²) in [5.41, 5.74) is 2.43. The van der Waals surface area contributed by atoms with E-state index in [-0.39, 0.29) is 5.56 Å². The lowest BCUT2D eigenvalue weighted by Crippen LogP contribution is -2.49. The predicted octanol–water partition coefficient (Wildman–Crippen LogP) is 2.25. The minimum atomic E-state index is -1.27. The number of hydrazine groups is 1. The molecule has 0 unspecified atom stereocenters. The van der Waals surface area contributed by atoms with Crippen LogP contribution in [0, 0.1) is 20.8 Å². The van der Waals surface area contributed by atoms with E-state index in [1.165, 1.54) is 0 Å². The number of urea groups is 1. The van der Waals surface area contributed by atoms with E-state index in [1.807, 2.05) is 0 Å². The van der Waals surface area contributed by atoms with Gasteiger partial charge in [0.25, 0.3) is 11.8 Å². The Balaban J connectivity index is 1.67. The molecule has 1 aromatic heterocycles. The zero-order valence-corrected chi connectivity index (χ0v) is 17.2. The molecule has 1 saturated heterocycles. The molecular weight excluding hydrogens is 390 g/mol. The van der Waals surface area contributed by atoms with Crippen LogP contribution in [-0.4, -0.2) is 35.4 Å². The number of benzene rings is 1. The Morgan fingerprint density at radius 2 is 1.80 bits per heavy atom. The number of nitrogens with one attached hydrogen (secondary N) is 2. The van der Waals surface area contributed by atoms with Gasteiger partial charge >= 0.3 is 12.0 Å². The Morgan fingerprint density at radius 1 is 1.13 bits per heavy atom. The fraction of sp³-hybridized carbons (Fsp3) is 0.333. The highest BCUT2D eigenvalue weighted by Gasteiger charge is 2.52. The van der Waals surface area contributed by atoms with Crippen LogP contribution in [0.3, 0.4) is 0 Å². The van der Waals surface area contributed by atoms with Crippen molar-refractivity contribution in [1.82, 2.24) is 15.8 Å². The number of nitrogens with zero attached hydrogens (tertiary/aromatic N) is 1. The molecule has 1 aliphatic rings. The molecular formula is C21H23N3O6. The van der Waals surface area contributed by atoms with Crippen molar-refractivity contribution in [2.75, 3.05) is 6.61 Å². The highest BCUT2D eigenvalue weighted by Crippen LogP contribution is 2.31. The topological polar surface area (TPSA) is 118 Å². The van der Waals surface area contributed by atoms with Crippen LogP contribution < -0.4 is 10.7 Å². The van der Waals surface area contributed by atoms with Gasteiger partial charge in [0.05, 0.1) is 0 Å². The van der Waals surface area contributed by atoms with Gasteiger partial charge in [-0.25, -0.2) is 9.59 Å². The van der Waals surface area contributed by atoms with E-state index in [9.17, 15) is 19.2 Å². The minimum Gasteiger partial charge on any atom is -0.465 e. The smallest absolute Gasteiger partial charge is 0.344 e. The van der Waals surface area contributed by atoms with E-state index < -0.39 is 36.0 Å². The third-order valence-electron chi connectivity index (χ3n) is 5.22.